The van der Waals surface area contributed by atoms with E-state index < -0.39 is 48.1 Å². The van der Waals surface area contributed by atoms with Crippen LogP contribution in [-0.2, 0) is 36.2 Å². The third kappa shape index (κ3) is 7.63. The van der Waals surface area contributed by atoms with Gasteiger partial charge in [-0.05, 0) is 0 Å². The van der Waals surface area contributed by atoms with Crippen LogP contribution < -0.4 is 79.5 Å². The van der Waals surface area contributed by atoms with E-state index in [1.165, 1.54) is 0 Å². The second kappa shape index (κ2) is 12.4. The first-order valence-electron chi connectivity index (χ1n) is 5.38. The zero-order chi connectivity index (χ0) is 15.4. The average molecular weight is 394 g/mol. The molecule has 1 aliphatic rings. The molecule has 0 aromatic rings. The summed E-state index contributed by atoms with van der Waals surface area (Å²) >= 11 is 0. The van der Waals surface area contributed by atoms with Crippen molar-refractivity contribution >= 4 is 29.6 Å². The average Bonchev–Trinajstić information content (AvgIpc) is 2.34. The van der Waals surface area contributed by atoms with Crippen LogP contribution in [0.5, 0.6) is 0 Å². The molecule has 0 aliphatic carbocycles. The third-order valence-electron chi connectivity index (χ3n) is 2.70. The first-order chi connectivity index (χ1) is 9.25. The summed E-state index contributed by atoms with van der Waals surface area (Å²) in [5.41, 5.74) is -0.930. The van der Waals surface area contributed by atoms with E-state index in [4.69, 9.17) is 0 Å². The van der Waals surface area contributed by atoms with Crippen molar-refractivity contribution in [1.82, 2.24) is 4.90 Å². The van der Waals surface area contributed by atoms with Gasteiger partial charge in [-0.2, -0.15) is 0 Å². The summed E-state index contributed by atoms with van der Waals surface area (Å²) in [7, 11) is 0. The van der Waals surface area contributed by atoms with Crippen LogP contribution in [0.25, 0.3) is 0 Å². The minimum atomic E-state index is -2.03. The molecule has 1 heterocycles. The Bertz CT molecular complexity index is 501. The molecule has 10 nitrogen and oxygen atoms in total. The van der Waals surface area contributed by atoms with Gasteiger partial charge in [-0.25, -0.2) is 0 Å². The molecule has 1 aliphatic heterocycles. The van der Waals surface area contributed by atoms with E-state index in [1.807, 2.05) is 0 Å². The summed E-state index contributed by atoms with van der Waals surface area (Å²) in [6.07, 6.45) is -1.06. The second-order valence-electron chi connectivity index (χ2n) is 3.92. The van der Waals surface area contributed by atoms with Crippen LogP contribution in [0.15, 0.2) is 4.99 Å². The third-order valence-corrected chi connectivity index (χ3v) is 2.70. The quantitative estimate of drug-likeness (QED) is 0.396. The summed E-state index contributed by atoms with van der Waals surface area (Å²) < 4.78 is 0. The molecular formula is C10H8CuN2Na2O8. The van der Waals surface area contributed by atoms with E-state index in [0.717, 1.165) is 0 Å². The van der Waals surface area contributed by atoms with Crippen LogP contribution in [0.2, 0.25) is 0 Å². The van der Waals surface area contributed by atoms with Crippen LogP contribution in [0.4, 0.5) is 0 Å². The topological polar surface area (TPSA) is 176 Å². The van der Waals surface area contributed by atoms with Crippen molar-refractivity contribution in [2.24, 2.45) is 4.99 Å². The van der Waals surface area contributed by atoms with Crippen molar-refractivity contribution in [3.05, 3.63) is 0 Å². The predicted molar refractivity (Wildman–Crippen MR) is 51.2 cm³/mol. The van der Waals surface area contributed by atoms with E-state index in [-0.39, 0.29) is 89.3 Å². The fourth-order valence-corrected chi connectivity index (χ4v) is 1.91. The van der Waals surface area contributed by atoms with Crippen LogP contribution in [0, 0.1) is 0 Å². The molecule has 0 N–H and O–H groups in total. The van der Waals surface area contributed by atoms with Crippen molar-refractivity contribution in [2.75, 3.05) is 13.1 Å². The van der Waals surface area contributed by atoms with Gasteiger partial charge in [0.1, 0.15) is 0 Å². The summed E-state index contributed by atoms with van der Waals surface area (Å²) in [6.45, 7) is -0.523. The molecule has 0 saturated heterocycles. The minimum Gasteiger partial charge on any atom is -0.550 e. The van der Waals surface area contributed by atoms with Crippen LogP contribution in [-0.4, -0.2) is 59.7 Å². The second-order valence-corrected chi connectivity index (χ2v) is 3.92. The SMILES string of the molecule is O=C([O-])CC(C(=O)[O-])N1CCN=C(C(=O)[O-])C1C(=O)[O-].[Cu+2].[Na+].[Na+]. The molecule has 23 heavy (non-hydrogen) atoms. The van der Waals surface area contributed by atoms with Crippen molar-refractivity contribution in [1.29, 1.82) is 0 Å². The van der Waals surface area contributed by atoms with Crippen LogP contribution in [0.3, 0.4) is 0 Å². The van der Waals surface area contributed by atoms with E-state index in [2.05, 4.69) is 4.99 Å². The van der Waals surface area contributed by atoms with Gasteiger partial charge in [0.25, 0.3) is 0 Å². The van der Waals surface area contributed by atoms with Gasteiger partial charge in [0, 0.05) is 18.9 Å². The summed E-state index contributed by atoms with van der Waals surface area (Å²) in [4.78, 5) is 47.2. The van der Waals surface area contributed by atoms with Crippen molar-refractivity contribution in [2.45, 2.75) is 18.5 Å². The zero-order valence-electron chi connectivity index (χ0n) is 12.2. The summed E-state index contributed by atoms with van der Waals surface area (Å²) in [6, 6.07) is -3.91. The Morgan fingerprint density at radius 3 is 2.00 bits per heavy atom. The Morgan fingerprint density at radius 1 is 1.13 bits per heavy atom. The van der Waals surface area contributed by atoms with Gasteiger partial charge in [-0.3, -0.25) is 9.89 Å². The standard InChI is InChI=1S/C10H12N2O8.Cu.2Na/c13-5(14)3-4(8(15)16)12-2-1-11-6(9(17)18)7(12)10(19)20;;;/h4,7H,1-3H2,(H,13,14)(H,15,16)(H,17,18)(H,19,20);;;/q;+2;2*+1/p-4. The number of aliphatic imine (C=N–C) groups is 1. The van der Waals surface area contributed by atoms with Gasteiger partial charge in [0.15, 0.2) is 0 Å². The Morgan fingerprint density at radius 2 is 1.65 bits per heavy atom. The maximum Gasteiger partial charge on any atom is 2.00 e. The normalized spacial score (nSPS) is 18.1. The minimum absolute atomic E-state index is 0. The van der Waals surface area contributed by atoms with Crippen LogP contribution in [0.1, 0.15) is 6.42 Å². The fraction of sp³-hybridized carbons (Fsp3) is 0.500. The molecule has 0 bridgehead atoms. The Kier molecular flexibility index (Phi) is 15.0. The monoisotopic (exact) mass is 393 g/mol. The van der Waals surface area contributed by atoms with E-state index >= 15 is 0 Å². The number of carboxylic acid groups (broad SMARTS) is 4. The number of carboxylic acids is 4. The number of carbonyl (C=O) groups is 4. The maximum absolute atomic E-state index is 11.0. The largest absolute Gasteiger partial charge is 2.00 e. The van der Waals surface area contributed by atoms with E-state index in [1.54, 1.807) is 0 Å². The van der Waals surface area contributed by atoms with Gasteiger partial charge in [-0.1, -0.05) is 0 Å². The Labute approximate surface area is 185 Å². The molecule has 0 spiro atoms. The smallest absolute Gasteiger partial charge is 0.550 e. The van der Waals surface area contributed by atoms with Gasteiger partial charge in [0.05, 0.1) is 42.2 Å². The van der Waals surface area contributed by atoms with Gasteiger partial charge >= 0.3 is 76.2 Å². The van der Waals surface area contributed by atoms with Gasteiger partial charge < -0.3 is 39.6 Å². The first kappa shape index (κ1) is 27.9. The maximum atomic E-state index is 11.0. The van der Waals surface area contributed by atoms with E-state index in [9.17, 15) is 39.6 Å². The molecule has 1 radical (unpaired) electrons. The molecule has 0 aromatic carbocycles. The molecule has 0 amide bonds. The van der Waals surface area contributed by atoms with E-state index in [0.29, 0.717) is 4.90 Å². The number of carbonyl (C=O) groups excluding carboxylic acids is 4. The molecular weight excluding hydrogens is 386 g/mol. The summed E-state index contributed by atoms with van der Waals surface area (Å²) in [5, 5.41) is 43.2. The van der Waals surface area contributed by atoms with Crippen molar-refractivity contribution in [3.8, 4) is 0 Å². The number of aliphatic carboxylic acids is 4. The summed E-state index contributed by atoms with van der Waals surface area (Å²) in [5.74, 6) is -7.47. The first-order valence-corrected chi connectivity index (χ1v) is 5.38. The molecule has 0 fully saturated rings. The van der Waals surface area contributed by atoms with Crippen molar-refractivity contribution in [3.63, 3.8) is 0 Å². The number of hydrogen-bond acceptors (Lipinski definition) is 10. The molecule has 2 atom stereocenters. The Balaban J connectivity index is -0.00000133. The fourth-order valence-electron chi connectivity index (χ4n) is 1.91. The molecule has 1 rings (SSSR count). The molecule has 2 unspecified atom stereocenters. The molecule has 0 saturated carbocycles. The van der Waals surface area contributed by atoms with Gasteiger partial charge in [0.2, 0.25) is 0 Å². The van der Waals surface area contributed by atoms with Crippen LogP contribution >= 0.6 is 0 Å². The van der Waals surface area contributed by atoms with Gasteiger partial charge in [-0.15, -0.1) is 0 Å². The van der Waals surface area contributed by atoms with Crippen molar-refractivity contribution < 1.29 is 116 Å². The Hall–Kier alpha value is 0.0295. The molecule has 13 heteroatoms. The molecule has 119 valence electrons. The molecule has 0 aromatic heterocycles. The number of hydrogen-bond donors (Lipinski definition) is 0. The number of nitrogens with zero attached hydrogens (tertiary/aromatic N) is 2. The predicted octanol–water partition coefficient (Wildman–Crippen LogP) is -13.1. The zero-order valence-corrected chi connectivity index (χ0v) is 17.2. The number of rotatable bonds is 6.